The van der Waals surface area contributed by atoms with Gasteiger partial charge in [-0.2, -0.15) is 0 Å². The molecule has 0 atom stereocenters. The van der Waals surface area contributed by atoms with Gasteiger partial charge in [0.1, 0.15) is 17.7 Å². The van der Waals surface area contributed by atoms with E-state index in [0.29, 0.717) is 10.7 Å². The van der Waals surface area contributed by atoms with E-state index in [2.05, 4.69) is 27.2 Å². The molecule has 2 aromatic rings. The van der Waals surface area contributed by atoms with Crippen molar-refractivity contribution in [3.8, 4) is 11.4 Å². The topological polar surface area (TPSA) is 56.5 Å². The highest BCUT2D eigenvalue weighted by molar-refractivity contribution is 6.32. The van der Waals surface area contributed by atoms with Crippen molar-refractivity contribution in [3.05, 3.63) is 23.7 Å². The van der Waals surface area contributed by atoms with Gasteiger partial charge in [-0.15, -0.1) is 5.10 Å². The lowest BCUT2D eigenvalue weighted by atomic mass is 10.3. The molecule has 0 N–H and O–H groups in total. The Kier molecular flexibility index (Phi) is 2.91. The lowest BCUT2D eigenvalue weighted by Crippen LogP contribution is -2.02. The molecule has 2 rings (SSSR count). The van der Waals surface area contributed by atoms with Crippen molar-refractivity contribution < 1.29 is 0 Å². The summed E-state index contributed by atoms with van der Waals surface area (Å²) in [6.07, 6.45) is 5.67. The molecular weight excluding hydrogens is 214 g/mol. The Morgan fingerprint density at radius 3 is 3.00 bits per heavy atom. The number of aromatic nitrogens is 5. The molecule has 0 radical (unpaired) electrons. The highest BCUT2D eigenvalue weighted by atomic mass is 35.5. The number of nitrogens with zero attached hydrogens (tertiary/aromatic N) is 5. The maximum absolute atomic E-state index is 5.99. The van der Waals surface area contributed by atoms with Crippen LogP contribution in [0, 0.1) is 0 Å². The second kappa shape index (κ2) is 4.35. The molecule has 0 unspecified atom stereocenters. The number of hydrogen-bond donors (Lipinski definition) is 0. The summed E-state index contributed by atoms with van der Waals surface area (Å²) in [6, 6.07) is 0. The van der Waals surface area contributed by atoms with Gasteiger partial charge in [0.25, 0.3) is 0 Å². The fourth-order valence-electron chi connectivity index (χ4n) is 1.32. The van der Waals surface area contributed by atoms with Crippen LogP contribution >= 0.6 is 11.6 Å². The Morgan fingerprint density at radius 2 is 2.27 bits per heavy atom. The van der Waals surface area contributed by atoms with Crippen LogP contribution in [0.25, 0.3) is 11.4 Å². The van der Waals surface area contributed by atoms with E-state index in [-0.39, 0.29) is 0 Å². The highest BCUT2D eigenvalue weighted by Crippen LogP contribution is 2.23. The first-order valence-corrected chi connectivity index (χ1v) is 5.05. The molecule has 0 aliphatic heterocycles. The number of rotatable bonds is 3. The van der Waals surface area contributed by atoms with Gasteiger partial charge in [0.2, 0.25) is 0 Å². The Balaban J connectivity index is 2.45. The number of hydrogen-bond acceptors (Lipinski definition) is 4. The van der Waals surface area contributed by atoms with E-state index in [1.165, 1.54) is 6.33 Å². The molecule has 0 spiro atoms. The molecule has 15 heavy (non-hydrogen) atoms. The van der Waals surface area contributed by atoms with Crippen LogP contribution in [0.15, 0.2) is 18.7 Å². The van der Waals surface area contributed by atoms with Crippen LogP contribution in [-0.2, 0) is 6.54 Å². The first kappa shape index (κ1) is 10.0. The zero-order valence-electron chi connectivity index (χ0n) is 8.26. The van der Waals surface area contributed by atoms with Crippen LogP contribution in [0.4, 0.5) is 0 Å². The Bertz CT molecular complexity index is 453. The van der Waals surface area contributed by atoms with Gasteiger partial charge in [0, 0.05) is 12.7 Å². The van der Waals surface area contributed by atoms with Crippen LogP contribution in [0.2, 0.25) is 5.02 Å². The summed E-state index contributed by atoms with van der Waals surface area (Å²) in [4.78, 5) is 7.96. The third-order valence-corrected chi connectivity index (χ3v) is 2.24. The summed E-state index contributed by atoms with van der Waals surface area (Å²) in [5.41, 5.74) is 1.49. The van der Waals surface area contributed by atoms with Crippen LogP contribution < -0.4 is 0 Å². The zero-order chi connectivity index (χ0) is 10.7. The molecule has 0 saturated carbocycles. The quantitative estimate of drug-likeness (QED) is 0.796. The minimum Gasteiger partial charge on any atom is -0.243 e. The maximum Gasteiger partial charge on any atom is 0.116 e. The molecule has 0 aliphatic carbocycles. The van der Waals surface area contributed by atoms with Crippen LogP contribution in [0.1, 0.15) is 13.3 Å². The van der Waals surface area contributed by atoms with Gasteiger partial charge in [-0.25, -0.2) is 14.6 Å². The van der Waals surface area contributed by atoms with Gasteiger partial charge in [-0.3, -0.25) is 0 Å². The van der Waals surface area contributed by atoms with Gasteiger partial charge < -0.3 is 0 Å². The molecule has 5 nitrogen and oxygen atoms in total. The molecule has 2 heterocycles. The summed E-state index contributed by atoms with van der Waals surface area (Å²) in [6.45, 7) is 2.88. The van der Waals surface area contributed by atoms with Crippen LogP contribution in [0.3, 0.4) is 0 Å². The molecule has 0 bridgehead atoms. The minimum absolute atomic E-state index is 0.511. The average Bonchev–Trinajstić information content (AvgIpc) is 2.67. The van der Waals surface area contributed by atoms with Gasteiger partial charge in [0.05, 0.1) is 11.2 Å². The molecule has 6 heteroatoms. The van der Waals surface area contributed by atoms with Crippen molar-refractivity contribution in [2.45, 2.75) is 19.9 Å². The van der Waals surface area contributed by atoms with Gasteiger partial charge in [-0.05, 0) is 6.42 Å². The van der Waals surface area contributed by atoms with Gasteiger partial charge in [-0.1, -0.05) is 23.7 Å². The predicted molar refractivity (Wildman–Crippen MR) is 56.3 cm³/mol. The van der Waals surface area contributed by atoms with Crippen molar-refractivity contribution in [1.82, 2.24) is 25.0 Å². The van der Waals surface area contributed by atoms with Crippen molar-refractivity contribution >= 4 is 11.6 Å². The van der Waals surface area contributed by atoms with Crippen molar-refractivity contribution in [3.63, 3.8) is 0 Å². The van der Waals surface area contributed by atoms with Gasteiger partial charge in [0.15, 0.2) is 0 Å². The molecule has 2 aromatic heterocycles. The lowest BCUT2D eigenvalue weighted by molar-refractivity contribution is 0.583. The summed E-state index contributed by atoms with van der Waals surface area (Å²) in [5, 5.41) is 8.33. The predicted octanol–water partition coefficient (Wildman–Crippen LogP) is 1.80. The third-order valence-electron chi connectivity index (χ3n) is 1.96. The van der Waals surface area contributed by atoms with Crippen molar-refractivity contribution in [1.29, 1.82) is 0 Å². The van der Waals surface area contributed by atoms with E-state index >= 15 is 0 Å². The molecule has 0 fully saturated rings. The van der Waals surface area contributed by atoms with E-state index in [0.717, 1.165) is 18.7 Å². The normalized spacial score (nSPS) is 10.5. The van der Waals surface area contributed by atoms with Crippen molar-refractivity contribution in [2.75, 3.05) is 0 Å². The second-order valence-electron chi connectivity index (χ2n) is 3.06. The first-order valence-electron chi connectivity index (χ1n) is 4.67. The third kappa shape index (κ3) is 1.97. The maximum atomic E-state index is 5.99. The Hall–Kier alpha value is -1.49. The van der Waals surface area contributed by atoms with E-state index < -0.39 is 0 Å². The van der Waals surface area contributed by atoms with E-state index in [9.17, 15) is 0 Å². The summed E-state index contributed by atoms with van der Waals surface area (Å²) >= 11 is 5.99. The Labute approximate surface area is 92.1 Å². The van der Waals surface area contributed by atoms with Gasteiger partial charge >= 0.3 is 0 Å². The lowest BCUT2D eigenvalue weighted by Gasteiger charge is -2.04. The number of halogens is 1. The molecule has 0 aliphatic rings. The summed E-state index contributed by atoms with van der Waals surface area (Å²) in [7, 11) is 0. The van der Waals surface area contributed by atoms with Crippen LogP contribution in [-0.4, -0.2) is 25.0 Å². The highest BCUT2D eigenvalue weighted by Gasteiger charge is 2.10. The SMILES string of the molecule is CCCn1nncc1-c1ncncc1Cl. The summed E-state index contributed by atoms with van der Waals surface area (Å²) < 4.78 is 1.79. The fourth-order valence-corrected chi connectivity index (χ4v) is 1.52. The number of aryl methyl sites for hydroxylation is 1. The monoisotopic (exact) mass is 223 g/mol. The minimum atomic E-state index is 0.511. The van der Waals surface area contributed by atoms with E-state index in [1.807, 2.05) is 0 Å². The fraction of sp³-hybridized carbons (Fsp3) is 0.333. The summed E-state index contributed by atoms with van der Waals surface area (Å²) in [5.74, 6) is 0. The smallest absolute Gasteiger partial charge is 0.116 e. The van der Waals surface area contributed by atoms with Crippen molar-refractivity contribution in [2.24, 2.45) is 0 Å². The Morgan fingerprint density at radius 1 is 1.40 bits per heavy atom. The molecule has 78 valence electrons. The second-order valence-corrected chi connectivity index (χ2v) is 3.47. The molecule has 0 amide bonds. The standard InChI is InChI=1S/C9H10ClN5/c1-2-3-15-8(5-13-14-15)9-7(10)4-11-6-12-9/h4-6H,2-3H2,1H3. The van der Waals surface area contributed by atoms with E-state index in [4.69, 9.17) is 11.6 Å². The first-order chi connectivity index (χ1) is 7.33. The average molecular weight is 224 g/mol. The molecule has 0 saturated heterocycles. The largest absolute Gasteiger partial charge is 0.243 e. The van der Waals surface area contributed by atoms with E-state index in [1.54, 1.807) is 17.1 Å². The molecular formula is C9H10ClN5. The molecule has 0 aromatic carbocycles. The zero-order valence-corrected chi connectivity index (χ0v) is 9.02. The van der Waals surface area contributed by atoms with Crippen LogP contribution in [0.5, 0.6) is 0 Å².